The molecule has 0 saturated carbocycles. The van der Waals surface area contributed by atoms with E-state index in [2.05, 4.69) is 5.32 Å². The van der Waals surface area contributed by atoms with E-state index in [1.165, 1.54) is 10.5 Å². The number of benzene rings is 2. The number of morpholine rings is 1. The highest BCUT2D eigenvalue weighted by Gasteiger charge is 2.15. The first kappa shape index (κ1) is 20.0. The van der Waals surface area contributed by atoms with Crippen LogP contribution in [0.1, 0.15) is 27.0 Å². The molecule has 1 aliphatic heterocycles. The Kier molecular flexibility index (Phi) is 6.79. The molecule has 28 heavy (non-hydrogen) atoms. The molecule has 148 valence electrons. The quantitative estimate of drug-likeness (QED) is 0.742. The summed E-state index contributed by atoms with van der Waals surface area (Å²) in [5.74, 6) is -0.847. The number of para-hydroxylation sites is 1. The highest BCUT2D eigenvalue weighted by atomic mass is 16.5. The summed E-state index contributed by atoms with van der Waals surface area (Å²) < 4.78 is 10.5. The van der Waals surface area contributed by atoms with Crippen molar-refractivity contribution in [2.45, 2.75) is 20.4 Å². The molecule has 2 N–H and O–H groups in total. The zero-order valence-corrected chi connectivity index (χ0v) is 16.4. The maximum Gasteiger partial charge on any atom is 0.338 e. The number of carbonyl (C=O) groups excluding carboxylic acids is 2. The van der Waals surface area contributed by atoms with Crippen molar-refractivity contribution in [2.24, 2.45) is 0 Å². The number of aryl methyl sites for hydroxylation is 2. The van der Waals surface area contributed by atoms with Crippen LogP contribution in [-0.4, -0.2) is 44.8 Å². The molecule has 3 rings (SSSR count). The maximum atomic E-state index is 12.2. The van der Waals surface area contributed by atoms with Crippen molar-refractivity contribution in [3.05, 3.63) is 64.7 Å². The molecule has 0 unspecified atom stereocenters. The fraction of sp³-hybridized carbons (Fsp3) is 0.364. The molecule has 6 nitrogen and oxygen atoms in total. The van der Waals surface area contributed by atoms with E-state index >= 15 is 0 Å². The van der Waals surface area contributed by atoms with Gasteiger partial charge in [0.15, 0.2) is 6.61 Å². The Morgan fingerprint density at radius 1 is 1.04 bits per heavy atom. The van der Waals surface area contributed by atoms with Gasteiger partial charge in [-0.1, -0.05) is 30.3 Å². The number of quaternary nitrogens is 1. The predicted octanol–water partition coefficient (Wildman–Crippen LogP) is 1.51. The fourth-order valence-electron chi connectivity index (χ4n) is 3.29. The van der Waals surface area contributed by atoms with Gasteiger partial charge in [0.2, 0.25) is 0 Å². The number of anilines is 1. The molecule has 1 heterocycles. The number of esters is 1. The minimum Gasteiger partial charge on any atom is -0.452 e. The Labute approximate surface area is 165 Å². The van der Waals surface area contributed by atoms with E-state index in [1.807, 2.05) is 44.2 Å². The van der Waals surface area contributed by atoms with Crippen molar-refractivity contribution in [1.82, 2.24) is 0 Å². The summed E-state index contributed by atoms with van der Waals surface area (Å²) in [5, 5.41) is 2.81. The standard InChI is InChI=1S/C22H26N2O4/c1-16-4-3-5-17(2)21(16)23-20(25)15-28-22(26)19-8-6-18(7-9-19)14-24-10-12-27-13-11-24/h3-9H,10-15H2,1-2H3,(H,23,25)/p+1. The van der Waals surface area contributed by atoms with Gasteiger partial charge in [-0.05, 0) is 37.1 Å². The van der Waals surface area contributed by atoms with Gasteiger partial charge < -0.3 is 19.7 Å². The molecule has 2 aromatic rings. The minimum absolute atomic E-state index is 0.313. The summed E-state index contributed by atoms with van der Waals surface area (Å²) in [6, 6.07) is 13.2. The molecular weight excluding hydrogens is 356 g/mol. The smallest absolute Gasteiger partial charge is 0.338 e. The van der Waals surface area contributed by atoms with Crippen molar-refractivity contribution in [3.63, 3.8) is 0 Å². The Bertz CT molecular complexity index is 807. The predicted molar refractivity (Wildman–Crippen MR) is 106 cm³/mol. The monoisotopic (exact) mass is 383 g/mol. The lowest BCUT2D eigenvalue weighted by Gasteiger charge is -2.23. The third-order valence-electron chi connectivity index (χ3n) is 4.92. The molecule has 0 aliphatic carbocycles. The molecule has 0 spiro atoms. The third-order valence-corrected chi connectivity index (χ3v) is 4.92. The van der Waals surface area contributed by atoms with Crippen LogP contribution >= 0.6 is 0 Å². The van der Waals surface area contributed by atoms with Crippen LogP contribution in [0.3, 0.4) is 0 Å². The van der Waals surface area contributed by atoms with Crippen LogP contribution in [-0.2, 0) is 20.8 Å². The average molecular weight is 383 g/mol. The first-order valence-corrected chi connectivity index (χ1v) is 9.56. The first-order chi connectivity index (χ1) is 13.5. The molecule has 6 heteroatoms. The maximum absolute atomic E-state index is 12.2. The third kappa shape index (κ3) is 5.41. The molecule has 0 atom stereocenters. The molecule has 0 radical (unpaired) electrons. The Hall–Kier alpha value is -2.70. The van der Waals surface area contributed by atoms with Crippen molar-refractivity contribution in [2.75, 3.05) is 38.2 Å². The lowest BCUT2D eigenvalue weighted by atomic mass is 10.1. The van der Waals surface area contributed by atoms with Gasteiger partial charge in [-0.2, -0.15) is 0 Å². The van der Waals surface area contributed by atoms with Gasteiger partial charge in [0.05, 0.1) is 18.8 Å². The Morgan fingerprint density at radius 2 is 1.68 bits per heavy atom. The first-order valence-electron chi connectivity index (χ1n) is 9.56. The van der Waals surface area contributed by atoms with E-state index in [-0.39, 0.29) is 12.5 Å². The lowest BCUT2D eigenvalue weighted by Crippen LogP contribution is -3.12. The van der Waals surface area contributed by atoms with Gasteiger partial charge >= 0.3 is 5.97 Å². The van der Waals surface area contributed by atoms with Crippen LogP contribution < -0.4 is 10.2 Å². The van der Waals surface area contributed by atoms with Gasteiger partial charge in [0.25, 0.3) is 5.91 Å². The summed E-state index contributed by atoms with van der Waals surface area (Å²) in [4.78, 5) is 25.8. The highest BCUT2D eigenvalue weighted by molar-refractivity contribution is 5.96. The highest BCUT2D eigenvalue weighted by Crippen LogP contribution is 2.19. The second kappa shape index (κ2) is 9.48. The largest absolute Gasteiger partial charge is 0.452 e. The second-order valence-corrected chi connectivity index (χ2v) is 7.13. The molecule has 2 aromatic carbocycles. The fourth-order valence-corrected chi connectivity index (χ4v) is 3.29. The average Bonchev–Trinajstić information content (AvgIpc) is 2.70. The van der Waals surface area contributed by atoms with E-state index in [9.17, 15) is 9.59 Å². The van der Waals surface area contributed by atoms with E-state index in [0.29, 0.717) is 5.56 Å². The van der Waals surface area contributed by atoms with Gasteiger partial charge in [0.1, 0.15) is 19.6 Å². The zero-order valence-electron chi connectivity index (χ0n) is 16.4. The summed E-state index contributed by atoms with van der Waals surface area (Å²) in [6.07, 6.45) is 0. The van der Waals surface area contributed by atoms with Crippen molar-refractivity contribution >= 4 is 17.6 Å². The molecular formula is C22H27N2O4+. The number of ether oxygens (including phenoxy) is 2. The van der Waals surface area contributed by atoms with Gasteiger partial charge in [-0.15, -0.1) is 0 Å². The molecule has 0 bridgehead atoms. The van der Waals surface area contributed by atoms with E-state index in [1.54, 1.807) is 12.1 Å². The summed E-state index contributed by atoms with van der Waals surface area (Å²) in [7, 11) is 0. The number of amides is 1. The molecule has 1 fully saturated rings. The van der Waals surface area contributed by atoms with Crippen molar-refractivity contribution < 1.29 is 24.0 Å². The Balaban J connectivity index is 1.49. The van der Waals surface area contributed by atoms with Gasteiger partial charge in [-0.3, -0.25) is 4.79 Å². The van der Waals surface area contributed by atoms with Gasteiger partial charge in [-0.25, -0.2) is 4.79 Å². The topological polar surface area (TPSA) is 69.1 Å². The number of hydrogen-bond acceptors (Lipinski definition) is 4. The van der Waals surface area contributed by atoms with Crippen LogP contribution in [0.2, 0.25) is 0 Å². The van der Waals surface area contributed by atoms with E-state index < -0.39 is 5.97 Å². The molecule has 1 saturated heterocycles. The normalized spacial score (nSPS) is 14.5. The summed E-state index contributed by atoms with van der Waals surface area (Å²) in [6.45, 7) is 8.04. The SMILES string of the molecule is Cc1cccc(C)c1NC(=O)COC(=O)c1ccc(C[NH+]2CCOCC2)cc1. The van der Waals surface area contributed by atoms with E-state index in [0.717, 1.165) is 49.7 Å². The summed E-state index contributed by atoms with van der Waals surface area (Å²) in [5.41, 5.74) is 4.32. The minimum atomic E-state index is -0.498. The number of nitrogens with one attached hydrogen (secondary N) is 2. The van der Waals surface area contributed by atoms with Crippen molar-refractivity contribution in [1.29, 1.82) is 0 Å². The summed E-state index contributed by atoms with van der Waals surface area (Å²) >= 11 is 0. The number of hydrogen-bond donors (Lipinski definition) is 2. The van der Waals surface area contributed by atoms with Crippen LogP contribution in [0.25, 0.3) is 0 Å². The molecule has 1 amide bonds. The lowest BCUT2D eigenvalue weighted by molar-refractivity contribution is -0.921. The second-order valence-electron chi connectivity index (χ2n) is 7.13. The zero-order chi connectivity index (χ0) is 19.9. The Morgan fingerprint density at radius 3 is 2.32 bits per heavy atom. The van der Waals surface area contributed by atoms with Crippen LogP contribution in [0, 0.1) is 13.8 Å². The van der Waals surface area contributed by atoms with Crippen LogP contribution in [0.15, 0.2) is 42.5 Å². The van der Waals surface area contributed by atoms with Crippen LogP contribution in [0.5, 0.6) is 0 Å². The molecule has 0 aromatic heterocycles. The number of carbonyl (C=O) groups is 2. The van der Waals surface area contributed by atoms with E-state index in [4.69, 9.17) is 9.47 Å². The van der Waals surface area contributed by atoms with Crippen LogP contribution in [0.4, 0.5) is 5.69 Å². The molecule has 1 aliphatic rings. The number of rotatable bonds is 6. The van der Waals surface area contributed by atoms with Gasteiger partial charge in [0, 0.05) is 11.3 Å². The van der Waals surface area contributed by atoms with Crippen molar-refractivity contribution in [3.8, 4) is 0 Å².